The van der Waals surface area contributed by atoms with E-state index in [1.807, 2.05) is 9.80 Å². The number of likely N-dealkylation sites (tertiary alicyclic amines) is 2. The van der Waals surface area contributed by atoms with Crippen LogP contribution >= 0.6 is 23.2 Å². The summed E-state index contributed by atoms with van der Waals surface area (Å²) in [5, 5.41) is 3.88. The van der Waals surface area contributed by atoms with Gasteiger partial charge in [-0.25, -0.2) is 0 Å². The van der Waals surface area contributed by atoms with E-state index in [9.17, 15) is 9.59 Å². The molecule has 2 unspecified atom stereocenters. The summed E-state index contributed by atoms with van der Waals surface area (Å²) in [7, 11) is 1.54. The number of benzene rings is 1. The van der Waals surface area contributed by atoms with Crippen LogP contribution in [0.15, 0.2) is 24.8 Å². The minimum atomic E-state index is -0.0356. The Labute approximate surface area is 169 Å². The normalized spacial score (nSPS) is 21.6. The summed E-state index contributed by atoms with van der Waals surface area (Å²) in [5.74, 6) is 1.28. The van der Waals surface area contributed by atoms with Crippen LogP contribution < -0.4 is 10.1 Å². The second kappa shape index (κ2) is 8.40. The molecule has 1 aromatic carbocycles. The van der Waals surface area contributed by atoms with Crippen LogP contribution in [0.5, 0.6) is 5.75 Å². The van der Waals surface area contributed by atoms with Crippen LogP contribution in [-0.4, -0.2) is 61.4 Å². The average molecular weight is 412 g/mol. The number of halogens is 2. The lowest BCUT2D eigenvalue weighted by atomic mass is 9.89. The average Bonchev–Trinajstić information content (AvgIpc) is 3.11. The van der Waals surface area contributed by atoms with E-state index in [1.54, 1.807) is 12.1 Å². The molecule has 0 spiro atoms. The zero-order chi connectivity index (χ0) is 19.6. The smallest absolute Gasteiger partial charge is 0.245 e. The van der Waals surface area contributed by atoms with E-state index < -0.39 is 0 Å². The third-order valence-corrected chi connectivity index (χ3v) is 6.03. The van der Waals surface area contributed by atoms with Crippen LogP contribution in [0.25, 0.3) is 0 Å². The highest BCUT2D eigenvalue weighted by molar-refractivity contribution is 6.42. The number of fused-ring (bicyclic) bond motifs is 1. The Morgan fingerprint density at radius 2 is 1.89 bits per heavy atom. The van der Waals surface area contributed by atoms with E-state index >= 15 is 0 Å². The minimum Gasteiger partial charge on any atom is -0.495 e. The Morgan fingerprint density at radius 3 is 2.59 bits per heavy atom. The van der Waals surface area contributed by atoms with Crippen LogP contribution in [0, 0.1) is 11.8 Å². The van der Waals surface area contributed by atoms with Gasteiger partial charge in [-0.1, -0.05) is 29.8 Å². The van der Waals surface area contributed by atoms with Gasteiger partial charge in [0.05, 0.1) is 29.4 Å². The standard InChI is InChI=1S/C19H23Cl2N3O3/c1-3-18(25)23-5-4-12-9-24(11-13(12)10-23)19(26)8-22-16-6-14(20)15(21)7-17(16)27-2/h3,6-7,12-13,22H,1,4-5,8-11H2,2H3. The van der Waals surface area contributed by atoms with Gasteiger partial charge in [-0.3, -0.25) is 9.59 Å². The molecule has 1 aromatic rings. The van der Waals surface area contributed by atoms with Crippen LogP contribution in [0.4, 0.5) is 5.69 Å². The zero-order valence-electron chi connectivity index (χ0n) is 15.2. The number of nitrogens with zero attached hydrogens (tertiary/aromatic N) is 2. The first-order valence-electron chi connectivity index (χ1n) is 8.89. The van der Waals surface area contributed by atoms with E-state index in [0.717, 1.165) is 19.5 Å². The monoisotopic (exact) mass is 411 g/mol. The topological polar surface area (TPSA) is 61.9 Å². The predicted molar refractivity (Wildman–Crippen MR) is 106 cm³/mol. The largest absolute Gasteiger partial charge is 0.495 e. The molecule has 0 saturated carbocycles. The van der Waals surface area contributed by atoms with E-state index in [2.05, 4.69) is 11.9 Å². The van der Waals surface area contributed by atoms with Gasteiger partial charge in [0.15, 0.2) is 0 Å². The van der Waals surface area contributed by atoms with Crippen molar-refractivity contribution < 1.29 is 14.3 Å². The summed E-state index contributed by atoms with van der Waals surface area (Å²) in [4.78, 5) is 28.2. The minimum absolute atomic E-state index is 0.0131. The highest BCUT2D eigenvalue weighted by Gasteiger charge is 2.39. The van der Waals surface area contributed by atoms with Gasteiger partial charge in [0.25, 0.3) is 0 Å². The van der Waals surface area contributed by atoms with Gasteiger partial charge in [0.1, 0.15) is 5.75 Å². The molecule has 0 bridgehead atoms. The predicted octanol–water partition coefficient (Wildman–Crippen LogP) is 2.91. The summed E-state index contributed by atoms with van der Waals surface area (Å²) in [6, 6.07) is 3.27. The fourth-order valence-electron chi connectivity index (χ4n) is 3.82. The summed E-state index contributed by atoms with van der Waals surface area (Å²) in [5.41, 5.74) is 0.625. The van der Waals surface area contributed by atoms with Crippen molar-refractivity contribution in [3.8, 4) is 5.75 Å². The van der Waals surface area contributed by atoms with Gasteiger partial charge < -0.3 is 19.9 Å². The number of methoxy groups -OCH3 is 1. The van der Waals surface area contributed by atoms with E-state index in [1.165, 1.54) is 13.2 Å². The first kappa shape index (κ1) is 19.8. The van der Waals surface area contributed by atoms with Crippen molar-refractivity contribution in [1.29, 1.82) is 0 Å². The maximum Gasteiger partial charge on any atom is 0.245 e. The second-order valence-electron chi connectivity index (χ2n) is 6.92. The van der Waals surface area contributed by atoms with E-state index in [-0.39, 0.29) is 18.4 Å². The molecule has 1 N–H and O–H groups in total. The summed E-state index contributed by atoms with van der Waals surface area (Å²) < 4.78 is 5.28. The highest BCUT2D eigenvalue weighted by atomic mass is 35.5. The fourth-order valence-corrected chi connectivity index (χ4v) is 4.14. The molecule has 0 aliphatic carbocycles. The zero-order valence-corrected chi connectivity index (χ0v) is 16.7. The summed E-state index contributed by atoms with van der Waals surface area (Å²) in [6.07, 6.45) is 2.27. The van der Waals surface area contributed by atoms with Crippen molar-refractivity contribution in [3.05, 3.63) is 34.8 Å². The SMILES string of the molecule is C=CC(=O)N1CCC2CN(C(=O)CNc3cc(Cl)c(Cl)cc3OC)CC2C1. The lowest BCUT2D eigenvalue weighted by molar-refractivity contribution is -0.128. The maximum absolute atomic E-state index is 12.7. The van der Waals surface area contributed by atoms with Crippen molar-refractivity contribution in [2.24, 2.45) is 11.8 Å². The third-order valence-electron chi connectivity index (χ3n) is 5.31. The molecule has 2 amide bonds. The first-order valence-corrected chi connectivity index (χ1v) is 9.64. The second-order valence-corrected chi connectivity index (χ2v) is 7.73. The maximum atomic E-state index is 12.7. The number of amides is 2. The van der Waals surface area contributed by atoms with Crippen LogP contribution in [0.2, 0.25) is 10.0 Å². The molecule has 27 heavy (non-hydrogen) atoms. The number of carbonyl (C=O) groups excluding carboxylic acids is 2. The number of nitrogens with one attached hydrogen (secondary N) is 1. The number of anilines is 1. The molecule has 3 rings (SSSR count). The van der Waals surface area contributed by atoms with Crippen molar-refractivity contribution in [2.45, 2.75) is 6.42 Å². The first-order chi connectivity index (χ1) is 12.9. The Morgan fingerprint density at radius 1 is 1.22 bits per heavy atom. The molecule has 6 nitrogen and oxygen atoms in total. The quantitative estimate of drug-likeness (QED) is 0.756. The van der Waals surface area contributed by atoms with Crippen LogP contribution in [-0.2, 0) is 9.59 Å². The molecule has 2 heterocycles. The highest BCUT2D eigenvalue weighted by Crippen LogP contribution is 2.34. The van der Waals surface area contributed by atoms with Crippen molar-refractivity contribution >= 4 is 40.7 Å². The number of hydrogen-bond donors (Lipinski definition) is 1. The molecule has 2 fully saturated rings. The van der Waals surface area contributed by atoms with Gasteiger partial charge in [-0.15, -0.1) is 0 Å². The molecule has 2 aliphatic heterocycles. The fraction of sp³-hybridized carbons (Fsp3) is 0.474. The van der Waals surface area contributed by atoms with Crippen LogP contribution in [0.3, 0.4) is 0 Å². The molecular weight excluding hydrogens is 389 g/mol. The molecule has 0 aromatic heterocycles. The van der Waals surface area contributed by atoms with E-state index in [4.69, 9.17) is 27.9 Å². The van der Waals surface area contributed by atoms with E-state index in [0.29, 0.717) is 46.4 Å². The molecule has 2 aliphatic rings. The number of carbonyl (C=O) groups is 2. The van der Waals surface area contributed by atoms with Gasteiger partial charge in [0, 0.05) is 32.2 Å². The number of piperidine rings is 1. The van der Waals surface area contributed by atoms with Crippen molar-refractivity contribution in [3.63, 3.8) is 0 Å². The van der Waals surface area contributed by atoms with Gasteiger partial charge in [-0.05, 0) is 30.4 Å². The Bertz CT molecular complexity index is 756. The lowest BCUT2D eigenvalue weighted by Crippen LogP contribution is -2.42. The Hall–Kier alpha value is -1.92. The molecule has 146 valence electrons. The number of ether oxygens (including phenoxy) is 1. The Kier molecular flexibility index (Phi) is 6.17. The lowest BCUT2D eigenvalue weighted by Gasteiger charge is -2.33. The molecule has 8 heteroatoms. The molecule has 0 radical (unpaired) electrons. The Balaban J connectivity index is 1.58. The van der Waals surface area contributed by atoms with Gasteiger partial charge in [0.2, 0.25) is 11.8 Å². The van der Waals surface area contributed by atoms with Crippen LogP contribution in [0.1, 0.15) is 6.42 Å². The number of rotatable bonds is 5. The third kappa shape index (κ3) is 4.33. The molecule has 2 saturated heterocycles. The number of hydrogen-bond acceptors (Lipinski definition) is 4. The van der Waals surface area contributed by atoms with Crippen molar-refractivity contribution in [1.82, 2.24) is 9.80 Å². The summed E-state index contributed by atoms with van der Waals surface area (Å²) >= 11 is 12.1. The molecule has 2 atom stereocenters. The summed E-state index contributed by atoms with van der Waals surface area (Å²) in [6.45, 7) is 6.52. The molecular formula is C19H23Cl2N3O3. The van der Waals surface area contributed by atoms with Gasteiger partial charge in [-0.2, -0.15) is 0 Å². The van der Waals surface area contributed by atoms with Crippen molar-refractivity contribution in [2.75, 3.05) is 45.2 Å². The van der Waals surface area contributed by atoms with Gasteiger partial charge >= 0.3 is 0 Å².